The summed E-state index contributed by atoms with van der Waals surface area (Å²) in [5, 5.41) is 0. The number of hydrogen-bond donors (Lipinski definition) is 2. The van der Waals surface area contributed by atoms with Crippen molar-refractivity contribution >= 4 is 11.4 Å². The molecule has 0 saturated heterocycles. The van der Waals surface area contributed by atoms with E-state index in [1.165, 1.54) is 24.8 Å². The van der Waals surface area contributed by atoms with Gasteiger partial charge in [-0.05, 0) is 0 Å². The molecule has 0 aliphatic heterocycles. The fraction of sp³-hybridized carbons (Fsp3) is 0.333. The Morgan fingerprint density at radius 2 is 1.05 bits per heavy atom. The van der Waals surface area contributed by atoms with Crippen LogP contribution in [0.5, 0.6) is 12.0 Å². The summed E-state index contributed by atoms with van der Waals surface area (Å²) < 4.78 is 15.8. The second-order valence-electron chi connectivity index (χ2n) is 3.91. The van der Waals surface area contributed by atoms with Crippen molar-refractivity contribution in [2.75, 3.05) is 37.9 Å². The summed E-state index contributed by atoms with van der Waals surface area (Å²) in [4.78, 5) is 15.6. The van der Waals surface area contributed by atoms with Gasteiger partial charge in [-0.2, -0.15) is 0 Å². The van der Waals surface area contributed by atoms with E-state index < -0.39 is 0 Å². The molecule has 0 aliphatic rings. The largest absolute Gasteiger partial charge is 0.461 e. The highest BCUT2D eigenvalue weighted by Gasteiger charge is 1.98. The summed E-state index contributed by atoms with van der Waals surface area (Å²) in [5.74, 6) is 0. The minimum absolute atomic E-state index is 0.263. The number of hydrogen-bond acceptors (Lipinski definition) is 9. The highest BCUT2D eigenvalue weighted by molar-refractivity contribution is 5.31. The molecule has 9 nitrogen and oxygen atoms in total. The molecule has 2 aromatic heterocycles. The fourth-order valence-corrected chi connectivity index (χ4v) is 1.29. The maximum Gasteiger partial charge on any atom is 0.316 e. The molecule has 0 spiro atoms. The van der Waals surface area contributed by atoms with E-state index in [1.807, 2.05) is 0 Å². The average Bonchev–Trinajstić information content (AvgIpc) is 2.50. The standard InChI is InChI=1S/C12H16N6O3/c13-9-5-15-11(16-6-9)20-3-1-19-2-4-21-12-17-7-10(14)8-18-12/h5-8H,1-4,13-14H2. The van der Waals surface area contributed by atoms with Gasteiger partial charge in [0.15, 0.2) is 0 Å². The van der Waals surface area contributed by atoms with Gasteiger partial charge in [-0.3, -0.25) is 0 Å². The van der Waals surface area contributed by atoms with Crippen molar-refractivity contribution < 1.29 is 14.2 Å². The van der Waals surface area contributed by atoms with Crippen molar-refractivity contribution in [1.29, 1.82) is 0 Å². The summed E-state index contributed by atoms with van der Waals surface area (Å²) in [5.41, 5.74) is 11.9. The third kappa shape index (κ3) is 5.45. The molecular weight excluding hydrogens is 276 g/mol. The number of anilines is 2. The van der Waals surface area contributed by atoms with E-state index in [0.717, 1.165) is 0 Å². The van der Waals surface area contributed by atoms with Gasteiger partial charge in [0.05, 0.1) is 49.4 Å². The number of ether oxygens (including phenoxy) is 3. The molecule has 0 atom stereocenters. The van der Waals surface area contributed by atoms with Gasteiger partial charge in [0.25, 0.3) is 0 Å². The molecule has 0 saturated carbocycles. The van der Waals surface area contributed by atoms with Crippen LogP contribution in [0, 0.1) is 0 Å². The van der Waals surface area contributed by atoms with E-state index in [-0.39, 0.29) is 12.0 Å². The van der Waals surface area contributed by atoms with Crippen LogP contribution >= 0.6 is 0 Å². The van der Waals surface area contributed by atoms with E-state index in [9.17, 15) is 0 Å². The Kier molecular flexibility index (Phi) is 5.47. The molecule has 9 heteroatoms. The first kappa shape index (κ1) is 14.7. The highest BCUT2D eigenvalue weighted by Crippen LogP contribution is 2.03. The SMILES string of the molecule is Nc1cnc(OCCOCCOc2ncc(N)cn2)nc1. The zero-order valence-corrected chi connectivity index (χ0v) is 11.3. The molecule has 112 valence electrons. The Morgan fingerprint density at radius 3 is 1.43 bits per heavy atom. The van der Waals surface area contributed by atoms with Crippen LogP contribution in [0.4, 0.5) is 11.4 Å². The van der Waals surface area contributed by atoms with Crippen LogP contribution in [0.3, 0.4) is 0 Å². The molecule has 2 rings (SSSR count). The smallest absolute Gasteiger partial charge is 0.316 e. The minimum Gasteiger partial charge on any atom is -0.461 e. The summed E-state index contributed by atoms with van der Waals surface area (Å²) in [6.45, 7) is 1.45. The van der Waals surface area contributed by atoms with Crippen LogP contribution in [0.2, 0.25) is 0 Å². The molecule has 0 bridgehead atoms. The number of nitrogen functional groups attached to an aromatic ring is 2. The number of nitrogens with zero attached hydrogens (tertiary/aromatic N) is 4. The highest BCUT2D eigenvalue weighted by atomic mass is 16.6. The number of nitrogens with two attached hydrogens (primary N) is 2. The van der Waals surface area contributed by atoms with Crippen molar-refractivity contribution in [2.24, 2.45) is 0 Å². The first-order valence-electron chi connectivity index (χ1n) is 6.22. The Morgan fingerprint density at radius 1 is 0.667 bits per heavy atom. The van der Waals surface area contributed by atoms with Crippen molar-refractivity contribution in [2.45, 2.75) is 0 Å². The number of aromatic nitrogens is 4. The fourth-order valence-electron chi connectivity index (χ4n) is 1.29. The number of rotatable bonds is 8. The first-order valence-corrected chi connectivity index (χ1v) is 6.22. The third-order valence-electron chi connectivity index (χ3n) is 2.21. The van der Waals surface area contributed by atoms with E-state index in [2.05, 4.69) is 19.9 Å². The summed E-state index contributed by atoms with van der Waals surface area (Å²) in [6, 6.07) is 0.527. The van der Waals surface area contributed by atoms with Gasteiger partial charge in [0.1, 0.15) is 13.2 Å². The maximum atomic E-state index is 5.46. The molecule has 21 heavy (non-hydrogen) atoms. The zero-order valence-electron chi connectivity index (χ0n) is 11.3. The predicted molar refractivity (Wildman–Crippen MR) is 74.7 cm³/mol. The minimum atomic E-state index is 0.263. The molecule has 2 aromatic rings. The Bertz CT molecular complexity index is 484. The first-order chi connectivity index (χ1) is 10.2. The van der Waals surface area contributed by atoms with E-state index in [1.54, 1.807) is 0 Å². The Labute approximate surface area is 121 Å². The van der Waals surface area contributed by atoms with Gasteiger partial charge in [-0.15, -0.1) is 0 Å². The molecule has 0 amide bonds. The molecule has 0 radical (unpaired) electrons. The van der Waals surface area contributed by atoms with Crippen molar-refractivity contribution in [3.8, 4) is 12.0 Å². The van der Waals surface area contributed by atoms with Crippen LogP contribution in [0.1, 0.15) is 0 Å². The predicted octanol–water partition coefficient (Wildman–Crippen LogP) is -0.0946. The van der Waals surface area contributed by atoms with Crippen LogP contribution in [-0.2, 0) is 4.74 Å². The lowest BCUT2D eigenvalue weighted by molar-refractivity contribution is 0.0718. The van der Waals surface area contributed by atoms with Crippen molar-refractivity contribution in [3.63, 3.8) is 0 Å². The van der Waals surface area contributed by atoms with Gasteiger partial charge in [0, 0.05) is 0 Å². The Balaban J connectivity index is 1.52. The molecular formula is C12H16N6O3. The normalized spacial score (nSPS) is 10.3. The van der Waals surface area contributed by atoms with Gasteiger partial charge >= 0.3 is 12.0 Å². The monoisotopic (exact) mass is 292 g/mol. The van der Waals surface area contributed by atoms with E-state index in [0.29, 0.717) is 37.8 Å². The van der Waals surface area contributed by atoms with Crippen LogP contribution < -0.4 is 20.9 Å². The van der Waals surface area contributed by atoms with Crippen molar-refractivity contribution in [1.82, 2.24) is 19.9 Å². The third-order valence-corrected chi connectivity index (χ3v) is 2.21. The lowest BCUT2D eigenvalue weighted by Gasteiger charge is -2.06. The van der Waals surface area contributed by atoms with E-state index >= 15 is 0 Å². The molecule has 4 N–H and O–H groups in total. The summed E-state index contributed by atoms with van der Waals surface area (Å²) in [6.07, 6.45) is 5.90. The molecule has 0 unspecified atom stereocenters. The molecule has 0 aliphatic carbocycles. The second kappa shape index (κ2) is 7.80. The molecule has 0 aromatic carbocycles. The van der Waals surface area contributed by atoms with Gasteiger partial charge in [-0.25, -0.2) is 19.9 Å². The van der Waals surface area contributed by atoms with Gasteiger partial charge in [0.2, 0.25) is 0 Å². The van der Waals surface area contributed by atoms with Gasteiger partial charge < -0.3 is 25.7 Å². The quantitative estimate of drug-likeness (QED) is 0.640. The summed E-state index contributed by atoms with van der Waals surface area (Å²) >= 11 is 0. The van der Waals surface area contributed by atoms with Crippen LogP contribution in [0.15, 0.2) is 24.8 Å². The van der Waals surface area contributed by atoms with Gasteiger partial charge in [-0.1, -0.05) is 0 Å². The van der Waals surface area contributed by atoms with Crippen LogP contribution in [-0.4, -0.2) is 46.4 Å². The average molecular weight is 292 g/mol. The second-order valence-corrected chi connectivity index (χ2v) is 3.91. The zero-order chi connectivity index (χ0) is 14.9. The van der Waals surface area contributed by atoms with E-state index in [4.69, 9.17) is 25.7 Å². The Hall–Kier alpha value is -2.68. The van der Waals surface area contributed by atoms with Crippen LogP contribution in [0.25, 0.3) is 0 Å². The maximum absolute atomic E-state index is 5.46. The summed E-state index contributed by atoms with van der Waals surface area (Å²) in [7, 11) is 0. The molecule has 2 heterocycles. The topological polar surface area (TPSA) is 131 Å². The molecule has 0 fully saturated rings. The lowest BCUT2D eigenvalue weighted by atomic mass is 10.6. The van der Waals surface area contributed by atoms with Crippen molar-refractivity contribution in [3.05, 3.63) is 24.8 Å². The lowest BCUT2D eigenvalue weighted by Crippen LogP contribution is -2.13.